The molecule has 0 rings (SSSR count). The molecule has 0 N–H and O–H groups in total. The Hall–Kier alpha value is -0.630. The Kier molecular flexibility index (Phi) is 9.14. The molecule has 0 saturated heterocycles. The molecule has 4 nitrogen and oxygen atoms in total. The largest absolute Gasteiger partial charge is 1.00 e. The number of terminal acetylenes is 1. The van der Waals surface area contributed by atoms with Crippen molar-refractivity contribution >= 4 is 11.9 Å². The Bertz CT molecular complexity index is 203. The van der Waals surface area contributed by atoms with Crippen LogP contribution in [0.25, 0.3) is 0 Å². The van der Waals surface area contributed by atoms with Crippen LogP contribution in [-0.4, -0.2) is 26.2 Å². The van der Waals surface area contributed by atoms with Crippen molar-refractivity contribution in [3.63, 3.8) is 0 Å². The van der Waals surface area contributed by atoms with Crippen molar-refractivity contribution in [1.29, 1.82) is 0 Å². The molecule has 0 spiro atoms. The zero-order chi connectivity index (χ0) is 9.56. The third-order valence-electron chi connectivity index (χ3n) is 1.14. The average molecular weight is 192 g/mol. The van der Waals surface area contributed by atoms with Gasteiger partial charge in [-0.05, 0) is 0 Å². The summed E-state index contributed by atoms with van der Waals surface area (Å²) in [7, 11) is 2.34. The molecule has 0 aromatic rings. The van der Waals surface area contributed by atoms with Gasteiger partial charge < -0.3 is 9.47 Å². The summed E-state index contributed by atoms with van der Waals surface area (Å²) in [6.07, 6.45) is 4.84. The molecule has 0 aliphatic rings. The van der Waals surface area contributed by atoms with Crippen molar-refractivity contribution in [2.75, 3.05) is 14.2 Å². The van der Waals surface area contributed by atoms with Gasteiger partial charge in [0, 0.05) is 0 Å². The van der Waals surface area contributed by atoms with Crippen LogP contribution in [0.1, 0.15) is 6.42 Å². The predicted octanol–water partition coefficient (Wildman–Crippen LogP) is -3.07. The van der Waals surface area contributed by atoms with E-state index in [1.54, 1.807) is 0 Å². The van der Waals surface area contributed by atoms with Gasteiger partial charge in [0.05, 0.1) is 14.2 Å². The maximum atomic E-state index is 10.8. The fourth-order valence-corrected chi connectivity index (χ4v) is 0.576. The van der Waals surface area contributed by atoms with Gasteiger partial charge in [-0.1, -0.05) is 6.42 Å². The molecule has 0 saturated carbocycles. The molecule has 0 fully saturated rings. The van der Waals surface area contributed by atoms with Gasteiger partial charge in [0.15, 0.2) is 11.9 Å². The Labute approximate surface area is 99.3 Å². The number of carbonyl (C=O) groups is 2. The minimum Gasteiger partial charge on any atom is -0.491 e. The van der Waals surface area contributed by atoms with Crippen molar-refractivity contribution in [3.05, 3.63) is 5.92 Å². The first kappa shape index (κ1) is 14.9. The molecule has 66 valence electrons. The molecular weight excluding hydrogens is 183 g/mol. The number of hydrogen-bond donors (Lipinski definition) is 0. The molecule has 0 bridgehead atoms. The second kappa shape index (κ2) is 7.99. The average Bonchev–Trinajstić information content (AvgIpc) is 2.11. The summed E-state index contributed by atoms with van der Waals surface area (Å²) in [5.41, 5.74) is 0. The van der Waals surface area contributed by atoms with Crippen LogP contribution in [0.4, 0.5) is 0 Å². The zero-order valence-electron chi connectivity index (χ0n) is 7.92. The van der Waals surface area contributed by atoms with Crippen LogP contribution in [0.2, 0.25) is 0 Å². The molecule has 0 aliphatic heterocycles. The quantitative estimate of drug-likeness (QED) is 0.156. The van der Waals surface area contributed by atoms with Crippen LogP contribution in [0.3, 0.4) is 0 Å². The standard InChI is InChI=1S/C8H9O4.Na/c1-4-5-6(7(9)11-2)8(10)12-3;/h1H,5H2,2-3H3;/q-1;+1. The molecule has 0 unspecified atom stereocenters. The van der Waals surface area contributed by atoms with Crippen LogP contribution in [0.15, 0.2) is 0 Å². The topological polar surface area (TPSA) is 52.6 Å². The zero-order valence-corrected chi connectivity index (χ0v) is 9.92. The first-order valence-corrected chi connectivity index (χ1v) is 3.13. The molecule has 5 heteroatoms. The maximum absolute atomic E-state index is 10.8. The van der Waals surface area contributed by atoms with Crippen LogP contribution in [0, 0.1) is 18.3 Å². The van der Waals surface area contributed by atoms with Crippen molar-refractivity contribution in [3.8, 4) is 12.3 Å². The number of hydrogen-bond acceptors (Lipinski definition) is 4. The Morgan fingerprint density at radius 1 is 1.31 bits per heavy atom. The summed E-state index contributed by atoms with van der Waals surface area (Å²) in [6.45, 7) is 0. The van der Waals surface area contributed by atoms with E-state index in [9.17, 15) is 9.59 Å². The van der Waals surface area contributed by atoms with Crippen molar-refractivity contribution in [2.24, 2.45) is 0 Å². The molecule has 0 amide bonds. The van der Waals surface area contributed by atoms with Crippen LogP contribution < -0.4 is 29.6 Å². The summed E-state index contributed by atoms with van der Waals surface area (Å²) in [5.74, 6) is 0.495. The van der Waals surface area contributed by atoms with Crippen LogP contribution in [-0.2, 0) is 19.1 Å². The molecule has 0 aromatic carbocycles. The summed E-state index contributed by atoms with van der Waals surface area (Å²) < 4.78 is 8.63. The number of carbonyl (C=O) groups excluding carboxylic acids is 2. The fourth-order valence-electron chi connectivity index (χ4n) is 0.576. The van der Waals surface area contributed by atoms with Gasteiger partial charge in [-0.25, -0.2) is 0 Å². The first-order valence-electron chi connectivity index (χ1n) is 3.13. The van der Waals surface area contributed by atoms with Gasteiger partial charge in [-0.3, -0.25) is 9.59 Å². The van der Waals surface area contributed by atoms with E-state index in [-0.39, 0.29) is 41.9 Å². The third kappa shape index (κ3) is 4.83. The maximum Gasteiger partial charge on any atom is 1.00 e. The van der Waals surface area contributed by atoms with Crippen LogP contribution in [0.5, 0.6) is 0 Å². The van der Waals surface area contributed by atoms with Gasteiger partial charge in [-0.15, -0.1) is 12.3 Å². The smallest absolute Gasteiger partial charge is 0.491 e. The van der Waals surface area contributed by atoms with Crippen molar-refractivity contribution in [2.45, 2.75) is 6.42 Å². The monoisotopic (exact) mass is 192 g/mol. The minimum absolute atomic E-state index is 0. The molecular formula is C8H9NaO4. The van der Waals surface area contributed by atoms with Crippen LogP contribution >= 0.6 is 0 Å². The van der Waals surface area contributed by atoms with Gasteiger partial charge in [0.25, 0.3) is 0 Å². The Morgan fingerprint density at radius 2 is 1.69 bits per heavy atom. The second-order valence-electron chi connectivity index (χ2n) is 1.84. The Balaban J connectivity index is 0. The number of rotatable bonds is 3. The molecule has 0 heterocycles. The number of esters is 2. The van der Waals surface area contributed by atoms with E-state index in [2.05, 4.69) is 15.4 Å². The number of methoxy groups -OCH3 is 2. The van der Waals surface area contributed by atoms with E-state index in [1.807, 2.05) is 0 Å². The van der Waals surface area contributed by atoms with Gasteiger partial charge in [0.2, 0.25) is 0 Å². The normalized spacial score (nSPS) is 7.46. The Morgan fingerprint density at radius 3 is 1.92 bits per heavy atom. The third-order valence-corrected chi connectivity index (χ3v) is 1.14. The number of ether oxygens (including phenoxy) is 2. The molecule has 0 aromatic heterocycles. The fraction of sp³-hybridized carbons (Fsp3) is 0.375. The van der Waals surface area contributed by atoms with Crippen molar-refractivity contribution in [1.82, 2.24) is 0 Å². The van der Waals surface area contributed by atoms with Gasteiger partial charge in [-0.2, -0.15) is 5.92 Å². The van der Waals surface area contributed by atoms with Gasteiger partial charge in [0.1, 0.15) is 0 Å². The van der Waals surface area contributed by atoms with E-state index in [1.165, 1.54) is 14.2 Å². The van der Waals surface area contributed by atoms with E-state index in [0.717, 1.165) is 0 Å². The minimum atomic E-state index is -0.750. The first-order chi connectivity index (χ1) is 5.67. The molecule has 13 heavy (non-hydrogen) atoms. The van der Waals surface area contributed by atoms with E-state index >= 15 is 0 Å². The van der Waals surface area contributed by atoms with E-state index in [4.69, 9.17) is 6.42 Å². The summed E-state index contributed by atoms with van der Waals surface area (Å²) >= 11 is 0. The van der Waals surface area contributed by atoms with E-state index in [0.29, 0.717) is 0 Å². The summed E-state index contributed by atoms with van der Waals surface area (Å²) in [6, 6.07) is 0. The molecule has 0 aliphatic carbocycles. The summed E-state index contributed by atoms with van der Waals surface area (Å²) in [5, 5.41) is 0. The molecule has 0 atom stereocenters. The molecule has 0 radical (unpaired) electrons. The predicted molar refractivity (Wildman–Crippen MR) is 40.7 cm³/mol. The second-order valence-corrected chi connectivity index (χ2v) is 1.84. The van der Waals surface area contributed by atoms with Crippen molar-refractivity contribution < 1.29 is 48.6 Å². The SMILES string of the molecule is C#CC[C-](C(=O)OC)C(=O)OC.[Na+]. The summed E-state index contributed by atoms with van der Waals surface area (Å²) in [4.78, 5) is 21.7. The van der Waals surface area contributed by atoms with Gasteiger partial charge >= 0.3 is 29.6 Å². The van der Waals surface area contributed by atoms with E-state index < -0.39 is 11.9 Å².